The molecule has 2 atom stereocenters. The Kier molecular flexibility index (Phi) is 10.1. The van der Waals surface area contributed by atoms with Crippen LogP contribution in [-0.2, 0) is 11.3 Å². The lowest BCUT2D eigenvalue weighted by Crippen LogP contribution is -2.37. The third kappa shape index (κ3) is 6.86. The quantitative estimate of drug-likeness (QED) is 0.213. The maximum absolute atomic E-state index is 15.2. The summed E-state index contributed by atoms with van der Waals surface area (Å²) < 4.78 is 27.3. The van der Waals surface area contributed by atoms with Crippen molar-refractivity contribution in [3.8, 4) is 17.7 Å². The molecule has 4 aromatic rings. The Bertz CT molecular complexity index is 2060. The van der Waals surface area contributed by atoms with Crippen LogP contribution in [0.25, 0.3) is 0 Å². The largest absolute Gasteiger partial charge is 0.497 e. The van der Waals surface area contributed by atoms with Crippen LogP contribution in [0.15, 0.2) is 70.7 Å². The van der Waals surface area contributed by atoms with Crippen LogP contribution in [0.4, 0.5) is 21.7 Å². The molecule has 0 radical (unpaired) electrons. The number of hydrogen-bond donors (Lipinski definition) is 1. The fraction of sp³-hybridized carbons (Fsp3) is 0.286. The Labute approximate surface area is 287 Å². The molecule has 0 bridgehead atoms. The molecule has 1 aliphatic rings. The summed E-state index contributed by atoms with van der Waals surface area (Å²) in [7, 11) is 6.55. The Morgan fingerprint density at radius 3 is 2.45 bits per heavy atom. The number of pyridine rings is 1. The number of benzene rings is 2. The molecule has 49 heavy (non-hydrogen) atoms. The van der Waals surface area contributed by atoms with Gasteiger partial charge in [0.05, 0.1) is 49.5 Å². The molecule has 0 spiro atoms. The van der Waals surface area contributed by atoms with E-state index in [1.54, 1.807) is 56.4 Å². The van der Waals surface area contributed by atoms with Gasteiger partial charge in [-0.2, -0.15) is 10.2 Å². The van der Waals surface area contributed by atoms with Crippen molar-refractivity contribution in [2.45, 2.75) is 26.4 Å². The summed E-state index contributed by atoms with van der Waals surface area (Å²) in [6, 6.07) is 13.1. The Hall–Kier alpha value is -5.61. The third-order valence-corrected chi connectivity index (χ3v) is 8.30. The van der Waals surface area contributed by atoms with Crippen molar-refractivity contribution in [2.75, 3.05) is 38.1 Å². The predicted molar refractivity (Wildman–Crippen MR) is 185 cm³/mol. The molecule has 2 aromatic carbocycles. The topological polar surface area (TPSA) is 150 Å². The number of rotatable bonds is 10. The van der Waals surface area contributed by atoms with E-state index in [1.807, 2.05) is 13.8 Å². The van der Waals surface area contributed by atoms with Crippen LogP contribution in [0.2, 0.25) is 5.02 Å². The highest BCUT2D eigenvalue weighted by Gasteiger charge is 2.50. The first-order chi connectivity index (χ1) is 23.4. The van der Waals surface area contributed by atoms with Gasteiger partial charge in [0.15, 0.2) is 0 Å². The Morgan fingerprint density at radius 1 is 1.14 bits per heavy atom. The molecule has 1 aliphatic heterocycles. The van der Waals surface area contributed by atoms with E-state index < -0.39 is 29.2 Å². The van der Waals surface area contributed by atoms with E-state index in [1.165, 1.54) is 47.2 Å². The van der Waals surface area contributed by atoms with Crippen LogP contribution in [0.3, 0.4) is 0 Å². The minimum atomic E-state index is -1.11. The summed E-state index contributed by atoms with van der Waals surface area (Å²) in [5.41, 5.74) is 0.416. The number of carbonyl (C=O) groups excluding carboxylic acids is 1. The molecule has 252 valence electrons. The predicted octanol–water partition coefficient (Wildman–Crippen LogP) is 5.59. The van der Waals surface area contributed by atoms with Crippen molar-refractivity contribution in [3.05, 3.63) is 98.8 Å². The molecule has 1 N–H and O–H groups in total. The van der Waals surface area contributed by atoms with Crippen LogP contribution in [0.5, 0.6) is 11.6 Å². The zero-order valence-electron chi connectivity index (χ0n) is 27.7. The van der Waals surface area contributed by atoms with Crippen LogP contribution in [0, 0.1) is 34.4 Å². The van der Waals surface area contributed by atoms with Gasteiger partial charge in [0.25, 0.3) is 11.5 Å². The van der Waals surface area contributed by atoms with Gasteiger partial charge in [0, 0.05) is 26.0 Å². The number of aliphatic imine (C=N–C) groups is 1. The van der Waals surface area contributed by atoms with E-state index in [0.29, 0.717) is 17.4 Å². The highest BCUT2D eigenvalue weighted by atomic mass is 35.5. The maximum Gasteiger partial charge on any atom is 0.274 e. The molecule has 1 amide bonds. The molecular formula is C35H34ClFN8O4. The fourth-order valence-electron chi connectivity index (χ4n) is 5.70. The van der Waals surface area contributed by atoms with Crippen molar-refractivity contribution in [1.29, 1.82) is 10.7 Å². The molecule has 0 aliphatic carbocycles. The maximum atomic E-state index is 15.2. The van der Waals surface area contributed by atoms with Gasteiger partial charge in [-0.05, 0) is 47.4 Å². The number of hydrogen-bond acceptors (Lipinski definition) is 10. The monoisotopic (exact) mass is 684 g/mol. The second kappa shape index (κ2) is 14.2. The number of methoxy groups -OCH3 is 2. The normalized spacial score (nSPS) is 16.2. The molecule has 14 heteroatoms. The molecule has 1 fully saturated rings. The summed E-state index contributed by atoms with van der Waals surface area (Å²) in [4.78, 5) is 44.8. The van der Waals surface area contributed by atoms with Gasteiger partial charge < -0.3 is 18.9 Å². The van der Waals surface area contributed by atoms with Crippen LogP contribution in [-0.4, -0.2) is 60.2 Å². The summed E-state index contributed by atoms with van der Waals surface area (Å²) in [5, 5.41) is 18.7. The standard InChI is InChI=1S/C35H34ClFN8O4/c1-19(2)30(41-26-16-40-35(43(3)4)42-32(26)49-6)28-29(39)34(47)45(31(28)21-9-10-22(15-38)25(37)13-21)27-14-23(36)18-44(33(27)46)17-20-7-11-24(48-5)12-8-20/h7-14,16,18-19,28,31,39H,17H2,1-6H3. The van der Waals surface area contributed by atoms with E-state index in [-0.39, 0.29) is 51.6 Å². The molecule has 3 heterocycles. The average Bonchev–Trinajstić information content (AvgIpc) is 3.34. The lowest BCUT2D eigenvalue weighted by atomic mass is 9.83. The molecule has 2 aromatic heterocycles. The highest BCUT2D eigenvalue weighted by Crippen LogP contribution is 2.43. The van der Waals surface area contributed by atoms with Gasteiger partial charge in [-0.1, -0.05) is 43.6 Å². The summed E-state index contributed by atoms with van der Waals surface area (Å²) in [6.45, 7) is 3.81. The number of carbonyl (C=O) groups is 1. The second-order valence-electron chi connectivity index (χ2n) is 11.8. The SMILES string of the molecule is COc1ccc(Cn2cc(Cl)cc(N3C(=O)C(=N)C(C(=Nc4cnc(N(C)C)nc4OC)C(C)C)C3c3ccc(C#N)c(F)c3)c2=O)cc1. The molecule has 1 saturated heterocycles. The first-order valence-electron chi connectivity index (χ1n) is 15.2. The van der Waals surface area contributed by atoms with Crippen LogP contribution >= 0.6 is 11.6 Å². The number of ether oxygens (including phenoxy) is 2. The van der Waals surface area contributed by atoms with Crippen molar-refractivity contribution in [1.82, 2.24) is 14.5 Å². The Morgan fingerprint density at radius 2 is 1.86 bits per heavy atom. The lowest BCUT2D eigenvalue weighted by molar-refractivity contribution is -0.112. The number of anilines is 2. The number of nitrogens with one attached hydrogen (secondary N) is 1. The van der Waals surface area contributed by atoms with Gasteiger partial charge in [-0.25, -0.2) is 14.4 Å². The van der Waals surface area contributed by atoms with Gasteiger partial charge in [0.1, 0.15) is 34.7 Å². The third-order valence-electron chi connectivity index (χ3n) is 8.09. The minimum Gasteiger partial charge on any atom is -0.497 e. The first kappa shape index (κ1) is 34.7. The molecule has 0 saturated carbocycles. The number of nitrogens with zero attached hydrogens (tertiary/aromatic N) is 7. The fourth-order valence-corrected chi connectivity index (χ4v) is 5.93. The van der Waals surface area contributed by atoms with Gasteiger partial charge in [-0.3, -0.25) is 19.9 Å². The number of halogens is 2. The average molecular weight is 685 g/mol. The van der Waals surface area contributed by atoms with E-state index in [2.05, 4.69) is 9.97 Å². The number of nitriles is 1. The summed E-state index contributed by atoms with van der Waals surface area (Å²) in [6.07, 6.45) is 2.94. The number of amides is 1. The van der Waals surface area contributed by atoms with E-state index in [4.69, 9.17) is 31.5 Å². The smallest absolute Gasteiger partial charge is 0.274 e. The number of aromatic nitrogens is 3. The molecule has 2 unspecified atom stereocenters. The lowest BCUT2D eigenvalue weighted by Gasteiger charge is -2.30. The van der Waals surface area contributed by atoms with E-state index in [9.17, 15) is 14.9 Å². The van der Waals surface area contributed by atoms with Crippen molar-refractivity contribution >= 4 is 46.3 Å². The van der Waals surface area contributed by atoms with Crippen molar-refractivity contribution < 1.29 is 18.7 Å². The second-order valence-corrected chi connectivity index (χ2v) is 12.3. The zero-order chi connectivity index (χ0) is 35.6. The van der Waals surface area contributed by atoms with Crippen LogP contribution in [0.1, 0.15) is 36.6 Å². The first-order valence-corrected chi connectivity index (χ1v) is 15.6. The summed E-state index contributed by atoms with van der Waals surface area (Å²) >= 11 is 6.56. The van der Waals surface area contributed by atoms with Crippen molar-refractivity contribution in [2.24, 2.45) is 16.8 Å². The minimum absolute atomic E-state index is 0.104. The Balaban J connectivity index is 1.71. The van der Waals surface area contributed by atoms with E-state index >= 15 is 4.39 Å². The highest BCUT2D eigenvalue weighted by molar-refractivity contribution is 6.49. The van der Waals surface area contributed by atoms with Gasteiger partial charge in [-0.15, -0.1) is 0 Å². The summed E-state index contributed by atoms with van der Waals surface area (Å²) in [5.74, 6) is -1.82. The molecular weight excluding hydrogens is 651 g/mol. The molecule has 12 nitrogen and oxygen atoms in total. The van der Waals surface area contributed by atoms with E-state index in [0.717, 1.165) is 11.6 Å². The van der Waals surface area contributed by atoms with Crippen molar-refractivity contribution in [3.63, 3.8) is 0 Å². The molecule has 5 rings (SSSR count). The van der Waals surface area contributed by atoms with Crippen LogP contribution < -0.4 is 24.8 Å². The zero-order valence-corrected chi connectivity index (χ0v) is 28.5. The van der Waals surface area contributed by atoms with Gasteiger partial charge in [0.2, 0.25) is 11.8 Å². The van der Waals surface area contributed by atoms with Gasteiger partial charge >= 0.3 is 0 Å².